The van der Waals surface area contributed by atoms with Crippen LogP contribution in [0, 0.1) is 0 Å². The minimum absolute atomic E-state index is 0.0464. The minimum Gasteiger partial charge on any atom is -0.476 e. The molecule has 1 amide bonds. The maximum atomic E-state index is 12.8. The zero-order chi connectivity index (χ0) is 20.2. The second-order valence-corrected chi connectivity index (χ2v) is 6.38. The van der Waals surface area contributed by atoms with E-state index in [0.717, 1.165) is 16.4 Å². The van der Waals surface area contributed by atoms with Gasteiger partial charge < -0.3 is 10.4 Å². The number of hydrogen-bond acceptors (Lipinski definition) is 4. The Bertz CT molecular complexity index is 1110. The van der Waals surface area contributed by atoms with Gasteiger partial charge in [0, 0.05) is 11.4 Å². The van der Waals surface area contributed by atoms with Crippen LogP contribution in [0.4, 0.5) is 17.1 Å². The highest BCUT2D eigenvalue weighted by Crippen LogP contribution is 2.25. The average Bonchev–Trinajstić information content (AvgIpc) is 3.07. The lowest BCUT2D eigenvalue weighted by atomic mass is 10.1. The van der Waals surface area contributed by atoms with Crippen molar-refractivity contribution in [3.63, 3.8) is 0 Å². The average molecular weight is 383 g/mol. The summed E-state index contributed by atoms with van der Waals surface area (Å²) in [7, 11) is 0. The van der Waals surface area contributed by atoms with Crippen molar-refractivity contribution in [3.05, 3.63) is 96.1 Å². The van der Waals surface area contributed by atoms with Crippen LogP contribution in [-0.2, 0) is 9.59 Å². The Labute approximate surface area is 167 Å². The third kappa shape index (κ3) is 3.91. The summed E-state index contributed by atoms with van der Waals surface area (Å²) in [6.45, 7) is 0. The summed E-state index contributed by atoms with van der Waals surface area (Å²) < 4.78 is 0. The number of nitrogens with zero attached hydrogens (tertiary/aromatic N) is 2. The van der Waals surface area contributed by atoms with Crippen molar-refractivity contribution in [3.8, 4) is 0 Å². The summed E-state index contributed by atoms with van der Waals surface area (Å²) >= 11 is 0. The number of carbonyl (C=O) groups excluding carboxylic acids is 1. The van der Waals surface area contributed by atoms with Crippen LogP contribution >= 0.6 is 0 Å². The van der Waals surface area contributed by atoms with Crippen molar-refractivity contribution in [2.45, 2.75) is 0 Å². The number of nitrogens with one attached hydrogen (secondary N) is 1. The molecular weight excluding hydrogens is 366 g/mol. The molecule has 0 saturated heterocycles. The van der Waals surface area contributed by atoms with E-state index in [9.17, 15) is 14.7 Å². The van der Waals surface area contributed by atoms with E-state index < -0.39 is 11.9 Å². The van der Waals surface area contributed by atoms with Gasteiger partial charge in [0.2, 0.25) is 0 Å². The van der Waals surface area contributed by atoms with E-state index in [1.165, 1.54) is 0 Å². The Morgan fingerprint density at radius 3 is 2.07 bits per heavy atom. The zero-order valence-electron chi connectivity index (χ0n) is 15.3. The lowest BCUT2D eigenvalue weighted by molar-refractivity contribution is -0.129. The van der Waals surface area contributed by atoms with Gasteiger partial charge >= 0.3 is 5.97 Å². The number of aliphatic carboxylic acids is 1. The van der Waals surface area contributed by atoms with Gasteiger partial charge in [-0.15, -0.1) is 0 Å². The number of amides is 1. The van der Waals surface area contributed by atoms with Crippen molar-refractivity contribution in [2.75, 3.05) is 10.3 Å². The number of carboxylic acids is 1. The van der Waals surface area contributed by atoms with Crippen LogP contribution in [0.1, 0.15) is 5.56 Å². The van der Waals surface area contributed by atoms with E-state index in [0.29, 0.717) is 11.3 Å². The predicted octanol–water partition coefficient (Wildman–Crippen LogP) is 4.30. The van der Waals surface area contributed by atoms with Gasteiger partial charge in [-0.3, -0.25) is 4.79 Å². The van der Waals surface area contributed by atoms with Gasteiger partial charge in [-0.25, -0.2) is 4.79 Å². The van der Waals surface area contributed by atoms with Crippen molar-refractivity contribution in [1.29, 1.82) is 0 Å². The van der Waals surface area contributed by atoms with Crippen LogP contribution in [0.15, 0.2) is 95.6 Å². The summed E-state index contributed by atoms with van der Waals surface area (Å²) in [6.07, 6.45) is 1.55. The molecule has 0 fully saturated rings. The van der Waals surface area contributed by atoms with Crippen molar-refractivity contribution in [1.82, 2.24) is 0 Å². The molecular formula is C23H17N3O3. The molecule has 6 heteroatoms. The summed E-state index contributed by atoms with van der Waals surface area (Å²) in [4.78, 5) is 24.4. The summed E-state index contributed by atoms with van der Waals surface area (Å²) in [5.41, 5.74) is 2.84. The summed E-state index contributed by atoms with van der Waals surface area (Å²) in [6, 6.07) is 25.9. The number of carbonyl (C=O) groups is 2. The largest absolute Gasteiger partial charge is 0.476 e. The molecule has 0 saturated carbocycles. The fourth-order valence-electron chi connectivity index (χ4n) is 2.96. The molecule has 1 aliphatic rings. The second kappa shape index (κ2) is 7.82. The van der Waals surface area contributed by atoms with E-state index in [1.54, 1.807) is 30.3 Å². The number of hydrogen-bond donors (Lipinski definition) is 2. The quantitative estimate of drug-likeness (QED) is 0.644. The maximum absolute atomic E-state index is 12.8. The van der Waals surface area contributed by atoms with Crippen LogP contribution in [0.5, 0.6) is 0 Å². The molecule has 6 nitrogen and oxygen atoms in total. The summed E-state index contributed by atoms with van der Waals surface area (Å²) in [5.74, 6) is -1.72. The van der Waals surface area contributed by atoms with E-state index in [2.05, 4.69) is 10.4 Å². The third-order valence-corrected chi connectivity index (χ3v) is 4.37. The van der Waals surface area contributed by atoms with Gasteiger partial charge in [0.25, 0.3) is 5.91 Å². The fraction of sp³-hybridized carbons (Fsp3) is 0. The van der Waals surface area contributed by atoms with Gasteiger partial charge in [-0.2, -0.15) is 10.1 Å². The van der Waals surface area contributed by atoms with Crippen LogP contribution < -0.4 is 10.3 Å². The van der Waals surface area contributed by atoms with Gasteiger partial charge in [0.05, 0.1) is 11.3 Å². The molecule has 29 heavy (non-hydrogen) atoms. The smallest absolute Gasteiger partial charge is 0.357 e. The first kappa shape index (κ1) is 18.2. The normalized spacial score (nSPS) is 14.8. The van der Waals surface area contributed by atoms with Gasteiger partial charge in [0.1, 0.15) is 0 Å². The van der Waals surface area contributed by atoms with Crippen LogP contribution in [0.25, 0.3) is 6.08 Å². The van der Waals surface area contributed by atoms with E-state index >= 15 is 0 Å². The Kier molecular flexibility index (Phi) is 4.90. The highest BCUT2D eigenvalue weighted by atomic mass is 16.4. The highest BCUT2D eigenvalue weighted by Gasteiger charge is 2.34. The Morgan fingerprint density at radius 1 is 0.862 bits per heavy atom. The molecule has 0 bridgehead atoms. The molecule has 3 aromatic rings. The first-order chi connectivity index (χ1) is 14.1. The number of carboxylic acid groups (broad SMARTS) is 1. The number of para-hydroxylation sites is 2. The third-order valence-electron chi connectivity index (χ3n) is 4.37. The molecule has 0 radical (unpaired) electrons. The first-order valence-electron chi connectivity index (χ1n) is 8.97. The van der Waals surface area contributed by atoms with Crippen molar-refractivity contribution >= 4 is 40.7 Å². The molecule has 142 valence electrons. The molecule has 2 N–H and O–H groups in total. The Morgan fingerprint density at radius 2 is 1.45 bits per heavy atom. The van der Waals surface area contributed by atoms with Crippen molar-refractivity contribution < 1.29 is 14.7 Å². The standard InChI is InChI=1S/C23H17N3O3/c27-22-20(21(23(28)29)25-26(22)19-9-5-2-6-10-19)15-16-11-13-18(14-12-16)24-17-7-3-1-4-8-17/h1-15,24H,(H,28,29)/b20-15+. The minimum atomic E-state index is -1.25. The highest BCUT2D eigenvalue weighted by molar-refractivity contribution is 6.53. The number of anilines is 3. The lowest BCUT2D eigenvalue weighted by Crippen LogP contribution is -2.22. The number of benzene rings is 3. The van der Waals surface area contributed by atoms with Gasteiger partial charge in [0.15, 0.2) is 5.71 Å². The Hall–Kier alpha value is -4.19. The zero-order valence-corrected chi connectivity index (χ0v) is 15.3. The molecule has 0 aliphatic carbocycles. The molecule has 3 aromatic carbocycles. The summed E-state index contributed by atoms with van der Waals surface area (Å²) in [5, 5.41) is 17.9. The van der Waals surface area contributed by atoms with Gasteiger partial charge in [-0.05, 0) is 48.0 Å². The monoisotopic (exact) mass is 383 g/mol. The topological polar surface area (TPSA) is 82.0 Å². The molecule has 1 heterocycles. The maximum Gasteiger partial charge on any atom is 0.357 e. The van der Waals surface area contributed by atoms with E-state index in [-0.39, 0.29) is 11.3 Å². The second-order valence-electron chi connectivity index (χ2n) is 6.38. The van der Waals surface area contributed by atoms with Crippen molar-refractivity contribution in [2.24, 2.45) is 5.10 Å². The van der Waals surface area contributed by atoms with E-state index in [4.69, 9.17) is 0 Å². The van der Waals surface area contributed by atoms with Crippen LogP contribution in [-0.4, -0.2) is 22.7 Å². The molecule has 0 aromatic heterocycles. The van der Waals surface area contributed by atoms with Gasteiger partial charge in [-0.1, -0.05) is 48.5 Å². The molecule has 0 atom stereocenters. The number of hydrazone groups is 1. The molecule has 4 rings (SSSR count). The first-order valence-corrected chi connectivity index (χ1v) is 8.97. The molecule has 0 unspecified atom stereocenters. The van der Waals surface area contributed by atoms with Crippen LogP contribution in [0.3, 0.4) is 0 Å². The lowest BCUT2D eigenvalue weighted by Gasteiger charge is -2.10. The van der Waals surface area contributed by atoms with E-state index in [1.807, 2.05) is 60.7 Å². The predicted molar refractivity (Wildman–Crippen MR) is 113 cm³/mol. The van der Waals surface area contributed by atoms with Crippen LogP contribution in [0.2, 0.25) is 0 Å². The SMILES string of the molecule is O=C(O)C1=NN(c2ccccc2)C(=O)/C1=C/c1ccc(Nc2ccccc2)cc1. The number of rotatable bonds is 5. The molecule has 1 aliphatic heterocycles. The fourth-order valence-corrected chi connectivity index (χ4v) is 2.96. The molecule has 0 spiro atoms. The Balaban J connectivity index is 1.60.